The summed E-state index contributed by atoms with van der Waals surface area (Å²) in [6.45, 7) is 4.31. The number of hydrogen-bond acceptors (Lipinski definition) is 5. The lowest BCUT2D eigenvalue weighted by atomic mass is 10.0. The molecule has 0 atom stereocenters. The number of anilines is 2. The highest BCUT2D eigenvalue weighted by Gasteiger charge is 2.31. The number of piperidine rings is 1. The number of nitrogens with two attached hydrogens (primary N) is 1. The van der Waals surface area contributed by atoms with E-state index in [1.165, 1.54) is 0 Å². The van der Waals surface area contributed by atoms with Gasteiger partial charge >= 0.3 is 0 Å². The van der Waals surface area contributed by atoms with E-state index in [9.17, 15) is 4.79 Å². The molecular weight excluding hydrogens is 290 g/mol. The summed E-state index contributed by atoms with van der Waals surface area (Å²) in [5.41, 5.74) is 8.33. The second-order valence-electron chi connectivity index (χ2n) is 6.37. The van der Waals surface area contributed by atoms with Crippen LogP contribution in [0.4, 0.5) is 11.4 Å². The lowest BCUT2D eigenvalue weighted by Gasteiger charge is -2.32. The van der Waals surface area contributed by atoms with E-state index in [-0.39, 0.29) is 0 Å². The maximum absolute atomic E-state index is 11.5. The molecule has 2 aromatic rings. The van der Waals surface area contributed by atoms with Gasteiger partial charge in [-0.15, -0.1) is 0 Å². The number of hydrogen-bond donors (Lipinski definition) is 1. The topological polar surface area (TPSA) is 62.7 Å². The zero-order chi connectivity index (χ0) is 15.8. The highest BCUT2D eigenvalue weighted by atomic mass is 16.3. The van der Waals surface area contributed by atoms with Crippen LogP contribution in [-0.2, 0) is 0 Å². The maximum Gasteiger partial charge on any atom is 0.190 e. The molecule has 5 nitrogen and oxygen atoms in total. The first-order valence-corrected chi connectivity index (χ1v) is 8.18. The fraction of sp³-hybridized carbons (Fsp3) is 0.389. The van der Waals surface area contributed by atoms with Crippen molar-refractivity contribution in [3.8, 4) is 11.3 Å². The van der Waals surface area contributed by atoms with Gasteiger partial charge in [-0.3, -0.25) is 4.79 Å². The standard InChI is InChI=1S/C18H21N3O2/c19-14-3-1-13(2-4-14)17-11-16(18(12-22)23-17)21-10-9-20-7-5-15(21)6-8-20/h1-4,11-12,15H,5-10,19H2. The van der Waals surface area contributed by atoms with E-state index in [0.717, 1.165) is 68.0 Å². The van der Waals surface area contributed by atoms with E-state index in [4.69, 9.17) is 10.2 Å². The van der Waals surface area contributed by atoms with Gasteiger partial charge in [-0.25, -0.2) is 0 Å². The van der Waals surface area contributed by atoms with Crippen molar-refractivity contribution in [2.75, 3.05) is 36.8 Å². The van der Waals surface area contributed by atoms with Gasteiger partial charge in [0.1, 0.15) is 5.76 Å². The first-order chi connectivity index (χ1) is 11.2. The largest absolute Gasteiger partial charge is 0.451 e. The van der Waals surface area contributed by atoms with E-state index in [0.29, 0.717) is 11.8 Å². The van der Waals surface area contributed by atoms with Crippen LogP contribution >= 0.6 is 0 Å². The molecule has 3 aliphatic rings. The maximum atomic E-state index is 11.5. The van der Waals surface area contributed by atoms with Crippen LogP contribution in [0.5, 0.6) is 0 Å². The predicted molar refractivity (Wildman–Crippen MR) is 90.8 cm³/mol. The minimum atomic E-state index is 0.428. The lowest BCUT2D eigenvalue weighted by Crippen LogP contribution is -2.38. The molecule has 2 bridgehead atoms. The third-order valence-electron chi connectivity index (χ3n) is 5.01. The zero-order valence-corrected chi connectivity index (χ0v) is 13.1. The van der Waals surface area contributed by atoms with Crippen molar-refractivity contribution in [2.45, 2.75) is 18.9 Å². The summed E-state index contributed by atoms with van der Waals surface area (Å²) in [6.07, 6.45) is 3.13. The summed E-state index contributed by atoms with van der Waals surface area (Å²) in [7, 11) is 0. The molecule has 2 N–H and O–H groups in total. The first kappa shape index (κ1) is 14.3. The van der Waals surface area contributed by atoms with Gasteiger partial charge in [-0.1, -0.05) is 0 Å². The Morgan fingerprint density at radius 1 is 1.09 bits per heavy atom. The summed E-state index contributed by atoms with van der Waals surface area (Å²) in [6, 6.07) is 10.0. The Morgan fingerprint density at radius 3 is 2.52 bits per heavy atom. The Labute approximate surface area is 135 Å². The number of carbonyl (C=O) groups is 1. The average Bonchev–Trinajstić information content (AvgIpc) is 2.78. The highest BCUT2D eigenvalue weighted by Crippen LogP contribution is 2.35. The number of aldehydes is 1. The number of rotatable bonds is 3. The van der Waals surface area contributed by atoms with Gasteiger partial charge in [-0.05, 0) is 37.1 Å². The fourth-order valence-corrected chi connectivity index (χ4v) is 3.70. The summed E-state index contributed by atoms with van der Waals surface area (Å²) in [4.78, 5) is 16.4. The SMILES string of the molecule is Nc1ccc(-c2cc(N3CCN4CCC3CC4)c(C=O)o2)cc1. The summed E-state index contributed by atoms with van der Waals surface area (Å²) < 4.78 is 5.83. The van der Waals surface area contributed by atoms with Gasteiger partial charge in [0.15, 0.2) is 12.0 Å². The monoisotopic (exact) mass is 311 g/mol. The molecule has 1 aromatic heterocycles. The van der Waals surface area contributed by atoms with Crippen molar-refractivity contribution in [3.63, 3.8) is 0 Å². The van der Waals surface area contributed by atoms with Crippen LogP contribution in [0.25, 0.3) is 11.3 Å². The van der Waals surface area contributed by atoms with Crippen LogP contribution < -0.4 is 10.6 Å². The highest BCUT2D eigenvalue weighted by molar-refractivity contribution is 5.84. The normalized spacial score (nSPS) is 23.7. The van der Waals surface area contributed by atoms with E-state index in [2.05, 4.69) is 9.80 Å². The minimum Gasteiger partial charge on any atom is -0.451 e. The molecule has 0 unspecified atom stereocenters. The van der Waals surface area contributed by atoms with Crippen molar-refractivity contribution in [1.29, 1.82) is 0 Å². The van der Waals surface area contributed by atoms with Crippen LogP contribution in [0.3, 0.4) is 0 Å². The molecular formula is C18H21N3O2. The Hall–Kier alpha value is -2.27. The van der Waals surface area contributed by atoms with Gasteiger partial charge in [0, 0.05) is 49.5 Å². The molecule has 0 aliphatic carbocycles. The van der Waals surface area contributed by atoms with Crippen LogP contribution in [0, 0.1) is 0 Å². The van der Waals surface area contributed by atoms with E-state index in [1.807, 2.05) is 30.3 Å². The van der Waals surface area contributed by atoms with Gasteiger partial charge in [0.05, 0.1) is 5.69 Å². The van der Waals surface area contributed by atoms with E-state index < -0.39 is 0 Å². The van der Waals surface area contributed by atoms with Crippen molar-refractivity contribution >= 4 is 17.7 Å². The van der Waals surface area contributed by atoms with Crippen LogP contribution in [0.15, 0.2) is 34.7 Å². The van der Waals surface area contributed by atoms with Crippen LogP contribution in [-0.4, -0.2) is 43.4 Å². The Bertz CT molecular complexity index is 700. The van der Waals surface area contributed by atoms with Gasteiger partial charge < -0.3 is 20.0 Å². The Balaban J connectivity index is 1.70. The molecule has 0 radical (unpaired) electrons. The van der Waals surface area contributed by atoms with Crippen LogP contribution in [0.2, 0.25) is 0 Å². The first-order valence-electron chi connectivity index (χ1n) is 8.18. The number of carbonyl (C=O) groups excluding carboxylic acids is 1. The quantitative estimate of drug-likeness (QED) is 0.697. The average molecular weight is 311 g/mol. The van der Waals surface area contributed by atoms with E-state index >= 15 is 0 Å². The third kappa shape index (κ3) is 2.61. The van der Waals surface area contributed by atoms with Gasteiger partial charge in [0.25, 0.3) is 0 Å². The molecule has 3 aliphatic heterocycles. The second-order valence-corrected chi connectivity index (χ2v) is 6.37. The van der Waals surface area contributed by atoms with Crippen molar-refractivity contribution in [1.82, 2.24) is 4.90 Å². The molecule has 3 fully saturated rings. The van der Waals surface area contributed by atoms with Crippen molar-refractivity contribution < 1.29 is 9.21 Å². The van der Waals surface area contributed by atoms with Gasteiger partial charge in [-0.2, -0.15) is 0 Å². The minimum absolute atomic E-state index is 0.428. The number of nitrogens with zero attached hydrogens (tertiary/aromatic N) is 2. The molecule has 23 heavy (non-hydrogen) atoms. The smallest absolute Gasteiger partial charge is 0.190 e. The summed E-state index contributed by atoms with van der Waals surface area (Å²) in [5, 5.41) is 0. The molecule has 0 amide bonds. The summed E-state index contributed by atoms with van der Waals surface area (Å²) >= 11 is 0. The third-order valence-corrected chi connectivity index (χ3v) is 5.01. The van der Waals surface area contributed by atoms with Crippen molar-refractivity contribution in [2.24, 2.45) is 0 Å². The number of furan rings is 1. The molecule has 3 saturated heterocycles. The molecule has 5 heteroatoms. The Morgan fingerprint density at radius 2 is 1.83 bits per heavy atom. The zero-order valence-electron chi connectivity index (χ0n) is 13.1. The molecule has 0 spiro atoms. The van der Waals surface area contributed by atoms with Crippen molar-refractivity contribution in [3.05, 3.63) is 36.1 Å². The molecule has 120 valence electrons. The molecule has 5 rings (SSSR count). The fourth-order valence-electron chi connectivity index (χ4n) is 3.70. The number of benzene rings is 1. The number of nitrogen functional groups attached to an aromatic ring is 1. The van der Waals surface area contributed by atoms with E-state index in [1.54, 1.807) is 0 Å². The number of fused-ring (bicyclic) bond motifs is 4. The lowest BCUT2D eigenvalue weighted by molar-refractivity contribution is 0.110. The van der Waals surface area contributed by atoms with Crippen LogP contribution in [0.1, 0.15) is 23.4 Å². The molecule has 0 saturated carbocycles. The molecule has 4 heterocycles. The summed E-state index contributed by atoms with van der Waals surface area (Å²) in [5.74, 6) is 1.15. The Kier molecular flexibility index (Phi) is 3.58. The molecule has 1 aromatic carbocycles. The van der Waals surface area contributed by atoms with Gasteiger partial charge in [0.2, 0.25) is 0 Å². The predicted octanol–water partition coefficient (Wildman–Crippen LogP) is 2.63. The second kappa shape index (κ2) is 5.74.